The van der Waals surface area contributed by atoms with Gasteiger partial charge in [-0.25, -0.2) is 0 Å². The predicted molar refractivity (Wildman–Crippen MR) is 118 cm³/mol. The van der Waals surface area contributed by atoms with Gasteiger partial charge >= 0.3 is 0 Å². The molecular weight excluding hydrogens is 405 g/mol. The molecule has 0 aliphatic carbocycles. The number of likely N-dealkylation sites (N-methyl/N-ethyl adjacent to an activating group) is 1. The Morgan fingerprint density at radius 1 is 1.04 bits per heavy atom. The molecule has 4 nitrogen and oxygen atoms in total. The first kappa shape index (κ1) is 25.7. The molecule has 0 heterocycles. The lowest BCUT2D eigenvalue weighted by atomic mass is 10.1. The van der Waals surface area contributed by atoms with Crippen LogP contribution in [0.2, 0.25) is 5.02 Å². The van der Waals surface area contributed by atoms with Crippen LogP contribution in [0.4, 0.5) is 0 Å². The highest BCUT2D eigenvalue weighted by molar-refractivity contribution is 6.33. The highest BCUT2D eigenvalue weighted by Gasteiger charge is 2.09. The fraction of sp³-hybridized carbons (Fsp3) is 0.350. The Morgan fingerprint density at radius 3 is 2.30 bits per heavy atom. The zero-order valence-corrected chi connectivity index (χ0v) is 17.9. The number of nitrogens with one attached hydrogen (secondary N) is 1. The van der Waals surface area contributed by atoms with E-state index in [0.717, 1.165) is 31.5 Å². The summed E-state index contributed by atoms with van der Waals surface area (Å²) >= 11 is 6.03. The van der Waals surface area contributed by atoms with Crippen molar-refractivity contribution in [1.82, 2.24) is 10.2 Å². The van der Waals surface area contributed by atoms with Crippen molar-refractivity contribution in [3.63, 3.8) is 0 Å². The smallest absolute Gasteiger partial charge is 0.252 e. The molecule has 0 saturated carbocycles. The molecule has 2 aromatic carbocycles. The van der Waals surface area contributed by atoms with Crippen LogP contribution in [0.5, 0.6) is 0 Å². The first-order chi connectivity index (χ1) is 12.1. The largest absolute Gasteiger partial charge is 0.351 e. The molecule has 0 atom stereocenters. The van der Waals surface area contributed by atoms with E-state index in [9.17, 15) is 4.79 Å². The predicted octanol–water partition coefficient (Wildman–Crippen LogP) is 3.94. The average Bonchev–Trinajstić information content (AvgIpc) is 2.62. The summed E-state index contributed by atoms with van der Waals surface area (Å²) in [6, 6.07) is 15.5. The van der Waals surface area contributed by atoms with Crippen LogP contribution in [0.15, 0.2) is 48.5 Å². The van der Waals surface area contributed by atoms with E-state index in [1.807, 2.05) is 12.1 Å². The molecule has 7 heteroatoms. The van der Waals surface area contributed by atoms with Crippen LogP contribution in [-0.2, 0) is 13.0 Å². The number of aryl methyl sites for hydroxylation is 1. The zero-order chi connectivity index (χ0) is 18.1. The number of hydrogen-bond donors (Lipinski definition) is 2. The van der Waals surface area contributed by atoms with Gasteiger partial charge in [0, 0.05) is 19.6 Å². The number of carbonyl (C=O) groups is 1. The van der Waals surface area contributed by atoms with Crippen LogP contribution >= 0.6 is 36.4 Å². The van der Waals surface area contributed by atoms with Crippen LogP contribution in [0.3, 0.4) is 0 Å². The van der Waals surface area contributed by atoms with Gasteiger partial charge in [0.25, 0.3) is 5.91 Å². The number of nitrogens with two attached hydrogens (primary N) is 1. The van der Waals surface area contributed by atoms with Gasteiger partial charge in [-0.3, -0.25) is 4.79 Å². The second-order valence-corrected chi connectivity index (χ2v) is 6.57. The number of halogens is 3. The summed E-state index contributed by atoms with van der Waals surface area (Å²) in [4.78, 5) is 14.3. The Hall–Kier alpha value is -1.30. The maximum Gasteiger partial charge on any atom is 0.252 e. The Labute approximate surface area is 179 Å². The summed E-state index contributed by atoms with van der Waals surface area (Å²) in [5.74, 6) is -0.126. The van der Waals surface area contributed by atoms with Gasteiger partial charge in [0.15, 0.2) is 0 Å². The molecule has 0 radical (unpaired) electrons. The normalized spacial score (nSPS) is 10.1. The molecule has 0 spiro atoms. The zero-order valence-electron chi connectivity index (χ0n) is 15.5. The molecule has 0 unspecified atom stereocenters. The monoisotopic (exact) mass is 431 g/mol. The van der Waals surface area contributed by atoms with Gasteiger partial charge in [-0.05, 0) is 49.7 Å². The van der Waals surface area contributed by atoms with Crippen molar-refractivity contribution in [2.75, 3.05) is 26.7 Å². The van der Waals surface area contributed by atoms with Crippen LogP contribution in [0.25, 0.3) is 0 Å². The lowest BCUT2D eigenvalue weighted by Crippen LogP contribution is -2.33. The third-order valence-electron chi connectivity index (χ3n) is 4.16. The summed E-state index contributed by atoms with van der Waals surface area (Å²) in [6.07, 6.45) is 2.12. The molecule has 27 heavy (non-hydrogen) atoms. The molecule has 0 saturated heterocycles. The van der Waals surface area contributed by atoms with E-state index in [-0.39, 0.29) is 30.7 Å². The van der Waals surface area contributed by atoms with E-state index in [0.29, 0.717) is 23.7 Å². The quantitative estimate of drug-likeness (QED) is 0.631. The Kier molecular flexibility index (Phi) is 13.1. The van der Waals surface area contributed by atoms with Crippen LogP contribution in [0, 0.1) is 0 Å². The number of hydrogen-bond acceptors (Lipinski definition) is 3. The highest BCUT2D eigenvalue weighted by Crippen LogP contribution is 2.14. The minimum absolute atomic E-state index is 0. The van der Waals surface area contributed by atoms with E-state index < -0.39 is 0 Å². The van der Waals surface area contributed by atoms with Gasteiger partial charge in [0.2, 0.25) is 0 Å². The van der Waals surface area contributed by atoms with Crippen molar-refractivity contribution in [3.05, 3.63) is 70.2 Å². The topological polar surface area (TPSA) is 58.4 Å². The average molecular weight is 433 g/mol. The summed E-state index contributed by atoms with van der Waals surface area (Å²) in [6.45, 7) is 2.98. The van der Waals surface area contributed by atoms with Crippen molar-refractivity contribution >= 4 is 42.3 Å². The molecule has 1 amide bonds. The molecule has 3 N–H and O–H groups in total. The lowest BCUT2D eigenvalue weighted by Gasteiger charge is -2.17. The molecular formula is C20H28Cl3N3O. The molecule has 0 fully saturated rings. The van der Waals surface area contributed by atoms with Crippen molar-refractivity contribution in [3.8, 4) is 0 Å². The first-order valence-electron chi connectivity index (χ1n) is 8.59. The standard InChI is InChI=1S/C20H26ClN3O.2ClH/c1-24(13-4-5-16-8-10-17(15-22)11-9-16)14-12-23-20(25)18-6-2-3-7-19(18)21;;/h2-3,6-11H,4-5,12-15,22H2,1H3,(H,23,25);2*1H. The maximum absolute atomic E-state index is 12.1. The fourth-order valence-electron chi connectivity index (χ4n) is 2.61. The summed E-state index contributed by atoms with van der Waals surface area (Å²) in [5.41, 5.74) is 8.62. The van der Waals surface area contributed by atoms with Crippen LogP contribution in [-0.4, -0.2) is 37.5 Å². The Bertz CT molecular complexity index is 680. The fourth-order valence-corrected chi connectivity index (χ4v) is 2.83. The Balaban J connectivity index is 0.00000338. The number of rotatable bonds is 9. The molecule has 2 aromatic rings. The van der Waals surface area contributed by atoms with Crippen molar-refractivity contribution in [2.45, 2.75) is 19.4 Å². The molecule has 0 aliphatic heterocycles. The summed E-state index contributed by atoms with van der Waals surface area (Å²) in [7, 11) is 2.07. The van der Waals surface area contributed by atoms with Crippen LogP contribution < -0.4 is 11.1 Å². The van der Waals surface area contributed by atoms with E-state index in [1.54, 1.807) is 12.1 Å². The van der Waals surface area contributed by atoms with Crippen LogP contribution in [0.1, 0.15) is 27.9 Å². The number of amides is 1. The van der Waals surface area contributed by atoms with Crippen molar-refractivity contribution in [1.29, 1.82) is 0 Å². The van der Waals surface area contributed by atoms with Gasteiger partial charge < -0.3 is 16.0 Å². The second kappa shape index (κ2) is 13.8. The molecule has 150 valence electrons. The van der Waals surface area contributed by atoms with Gasteiger partial charge in [-0.15, -0.1) is 24.8 Å². The van der Waals surface area contributed by atoms with Gasteiger partial charge in [-0.2, -0.15) is 0 Å². The summed E-state index contributed by atoms with van der Waals surface area (Å²) < 4.78 is 0. The van der Waals surface area contributed by atoms with Gasteiger partial charge in [-0.1, -0.05) is 48.0 Å². The SMILES string of the molecule is CN(CCCc1ccc(CN)cc1)CCNC(=O)c1ccccc1Cl.Cl.Cl. The van der Waals surface area contributed by atoms with Crippen molar-refractivity contribution in [2.24, 2.45) is 5.73 Å². The summed E-state index contributed by atoms with van der Waals surface area (Å²) in [5, 5.41) is 3.40. The molecule has 0 bridgehead atoms. The molecule has 0 aromatic heterocycles. The lowest BCUT2D eigenvalue weighted by molar-refractivity contribution is 0.0950. The third kappa shape index (κ3) is 8.96. The molecule has 2 rings (SSSR count). The van der Waals surface area contributed by atoms with E-state index in [4.69, 9.17) is 17.3 Å². The van der Waals surface area contributed by atoms with E-state index >= 15 is 0 Å². The van der Waals surface area contributed by atoms with Gasteiger partial charge in [0.05, 0.1) is 10.6 Å². The molecule has 0 aliphatic rings. The number of benzene rings is 2. The maximum atomic E-state index is 12.1. The Morgan fingerprint density at radius 2 is 1.67 bits per heavy atom. The minimum Gasteiger partial charge on any atom is -0.351 e. The van der Waals surface area contributed by atoms with Gasteiger partial charge in [0.1, 0.15) is 0 Å². The number of carbonyl (C=O) groups excluding carboxylic acids is 1. The number of nitrogens with zero attached hydrogens (tertiary/aromatic N) is 1. The first-order valence-corrected chi connectivity index (χ1v) is 8.97. The highest BCUT2D eigenvalue weighted by atomic mass is 35.5. The minimum atomic E-state index is -0.126. The van der Waals surface area contributed by atoms with Crippen molar-refractivity contribution < 1.29 is 4.79 Å². The second-order valence-electron chi connectivity index (χ2n) is 6.16. The third-order valence-corrected chi connectivity index (χ3v) is 4.49. The van der Waals surface area contributed by atoms with E-state index in [2.05, 4.69) is 41.5 Å². The van der Waals surface area contributed by atoms with E-state index in [1.165, 1.54) is 5.56 Å².